The van der Waals surface area contributed by atoms with Gasteiger partial charge in [0.2, 0.25) is 0 Å². The van der Waals surface area contributed by atoms with Crippen LogP contribution < -0.4 is 5.73 Å². The minimum Gasteiger partial charge on any atom is -0.397 e. The van der Waals surface area contributed by atoms with Gasteiger partial charge in [0.1, 0.15) is 0 Å². The van der Waals surface area contributed by atoms with E-state index in [9.17, 15) is 0 Å². The van der Waals surface area contributed by atoms with Crippen molar-refractivity contribution in [3.05, 3.63) is 23.2 Å². The van der Waals surface area contributed by atoms with E-state index in [4.69, 9.17) is 17.3 Å². The molecule has 1 heterocycles. The maximum Gasteiger partial charge on any atom is 0.184 e. The summed E-state index contributed by atoms with van der Waals surface area (Å²) in [5.41, 5.74) is 7.26. The molecule has 0 aliphatic carbocycles. The molecule has 0 saturated carbocycles. The predicted octanol–water partition coefficient (Wildman–Crippen LogP) is 2.77. The summed E-state index contributed by atoms with van der Waals surface area (Å²) in [6.45, 7) is 2.96. The van der Waals surface area contributed by atoms with E-state index in [-0.39, 0.29) is 0 Å². The van der Waals surface area contributed by atoms with E-state index in [1.54, 1.807) is 10.7 Å². The van der Waals surface area contributed by atoms with E-state index in [1.807, 2.05) is 12.1 Å². The molecule has 0 aliphatic heterocycles. The Morgan fingerprint density at radius 1 is 1.33 bits per heavy atom. The van der Waals surface area contributed by atoms with E-state index in [0.29, 0.717) is 16.5 Å². The van der Waals surface area contributed by atoms with E-state index >= 15 is 0 Å². The number of rotatable bonds is 5. The van der Waals surface area contributed by atoms with Crippen molar-refractivity contribution in [2.75, 3.05) is 5.73 Å². The van der Waals surface area contributed by atoms with Gasteiger partial charge in [0.15, 0.2) is 5.82 Å². The molecule has 0 bridgehead atoms. The maximum atomic E-state index is 6.01. The van der Waals surface area contributed by atoms with Crippen molar-refractivity contribution < 1.29 is 0 Å². The normalized spacial score (nSPS) is 10.8. The van der Waals surface area contributed by atoms with Gasteiger partial charge < -0.3 is 5.73 Å². The lowest BCUT2D eigenvalue weighted by Gasteiger charge is -2.07. The van der Waals surface area contributed by atoms with Crippen molar-refractivity contribution >= 4 is 17.3 Å². The standard InChI is InChI=1S/C12H16ClN5/c1-2-3-4-8-18-12(15-16-17-18)9-6-5-7-10(13)11(9)14/h5-7H,2-4,8,14H2,1H3. The third-order valence-corrected chi connectivity index (χ3v) is 3.13. The molecular formula is C12H16ClN5. The number of nitrogens with two attached hydrogens (primary N) is 1. The summed E-state index contributed by atoms with van der Waals surface area (Å²) in [5.74, 6) is 0.672. The highest BCUT2D eigenvalue weighted by Gasteiger charge is 2.13. The number of tetrazole rings is 1. The summed E-state index contributed by atoms with van der Waals surface area (Å²) >= 11 is 6.01. The summed E-state index contributed by atoms with van der Waals surface area (Å²) in [6.07, 6.45) is 3.37. The Hall–Kier alpha value is -1.62. The van der Waals surface area contributed by atoms with Crippen LogP contribution in [-0.2, 0) is 6.54 Å². The molecule has 0 saturated heterocycles. The number of aromatic nitrogens is 4. The summed E-state index contributed by atoms with van der Waals surface area (Å²) in [6, 6.07) is 5.48. The van der Waals surface area contributed by atoms with Gasteiger partial charge in [-0.25, -0.2) is 4.68 Å². The molecule has 1 aromatic carbocycles. The molecule has 0 radical (unpaired) electrons. The van der Waals surface area contributed by atoms with Crippen LogP contribution in [0.25, 0.3) is 11.4 Å². The topological polar surface area (TPSA) is 69.6 Å². The monoisotopic (exact) mass is 265 g/mol. The lowest BCUT2D eigenvalue weighted by molar-refractivity contribution is 0.541. The molecule has 18 heavy (non-hydrogen) atoms. The fourth-order valence-corrected chi connectivity index (χ4v) is 1.97. The Labute approximate surface area is 111 Å². The van der Waals surface area contributed by atoms with E-state index < -0.39 is 0 Å². The molecule has 6 heteroatoms. The van der Waals surface area contributed by atoms with Crippen LogP contribution in [0.2, 0.25) is 5.02 Å². The maximum absolute atomic E-state index is 6.01. The first kappa shape index (κ1) is 12.8. The molecule has 96 valence electrons. The highest BCUT2D eigenvalue weighted by atomic mass is 35.5. The van der Waals surface area contributed by atoms with Crippen LogP contribution in [0.5, 0.6) is 0 Å². The van der Waals surface area contributed by atoms with Gasteiger partial charge in [0.25, 0.3) is 0 Å². The zero-order chi connectivity index (χ0) is 13.0. The van der Waals surface area contributed by atoms with Crippen LogP contribution in [0.4, 0.5) is 5.69 Å². The van der Waals surface area contributed by atoms with Gasteiger partial charge in [-0.05, 0) is 29.0 Å². The first-order chi connectivity index (χ1) is 8.74. The van der Waals surface area contributed by atoms with E-state index in [2.05, 4.69) is 22.4 Å². The largest absolute Gasteiger partial charge is 0.397 e. The molecule has 2 aromatic rings. The highest BCUT2D eigenvalue weighted by Crippen LogP contribution is 2.29. The highest BCUT2D eigenvalue weighted by molar-refractivity contribution is 6.33. The van der Waals surface area contributed by atoms with Gasteiger partial charge in [0.05, 0.1) is 10.7 Å². The lowest BCUT2D eigenvalue weighted by Crippen LogP contribution is -2.04. The Kier molecular flexibility index (Phi) is 4.15. The van der Waals surface area contributed by atoms with Crippen LogP contribution in [0.15, 0.2) is 18.2 Å². The Morgan fingerprint density at radius 3 is 2.94 bits per heavy atom. The number of unbranched alkanes of at least 4 members (excludes halogenated alkanes) is 2. The van der Waals surface area contributed by atoms with Crippen molar-refractivity contribution in [2.24, 2.45) is 0 Å². The van der Waals surface area contributed by atoms with Crippen molar-refractivity contribution in [1.29, 1.82) is 0 Å². The second-order valence-electron chi connectivity index (χ2n) is 4.13. The number of halogens is 1. The summed E-state index contributed by atoms with van der Waals surface area (Å²) in [7, 11) is 0. The quantitative estimate of drug-likeness (QED) is 0.667. The van der Waals surface area contributed by atoms with Crippen LogP contribution in [0.3, 0.4) is 0 Å². The molecule has 1 aromatic heterocycles. The van der Waals surface area contributed by atoms with Crippen LogP contribution in [-0.4, -0.2) is 20.2 Å². The van der Waals surface area contributed by atoms with Gasteiger partial charge in [-0.15, -0.1) is 5.10 Å². The number of benzene rings is 1. The molecule has 0 aliphatic rings. The second kappa shape index (κ2) is 5.82. The minimum atomic E-state index is 0.519. The van der Waals surface area contributed by atoms with Crippen LogP contribution in [0, 0.1) is 0 Å². The van der Waals surface area contributed by atoms with Gasteiger partial charge in [-0.3, -0.25) is 0 Å². The van der Waals surface area contributed by atoms with Crippen LogP contribution in [0.1, 0.15) is 26.2 Å². The molecule has 0 unspecified atom stereocenters. The predicted molar refractivity (Wildman–Crippen MR) is 72.2 cm³/mol. The first-order valence-electron chi connectivity index (χ1n) is 6.04. The molecule has 0 fully saturated rings. The smallest absolute Gasteiger partial charge is 0.184 e. The van der Waals surface area contributed by atoms with Crippen molar-refractivity contribution in [1.82, 2.24) is 20.2 Å². The summed E-state index contributed by atoms with van der Waals surface area (Å²) in [5, 5.41) is 12.3. The average molecular weight is 266 g/mol. The number of nitrogen functional groups attached to an aromatic ring is 1. The molecule has 5 nitrogen and oxygen atoms in total. The summed E-state index contributed by atoms with van der Waals surface area (Å²) in [4.78, 5) is 0. The molecule has 0 atom stereocenters. The fraction of sp³-hybridized carbons (Fsp3) is 0.417. The number of aryl methyl sites for hydroxylation is 1. The van der Waals surface area contributed by atoms with Gasteiger partial charge in [0, 0.05) is 12.1 Å². The minimum absolute atomic E-state index is 0.519. The Bertz CT molecular complexity index is 523. The number of para-hydroxylation sites is 1. The van der Waals surface area contributed by atoms with E-state index in [1.165, 1.54) is 0 Å². The third-order valence-electron chi connectivity index (χ3n) is 2.80. The van der Waals surface area contributed by atoms with Crippen LogP contribution >= 0.6 is 11.6 Å². The zero-order valence-corrected chi connectivity index (χ0v) is 11.1. The third kappa shape index (κ3) is 2.61. The van der Waals surface area contributed by atoms with Gasteiger partial charge in [-0.1, -0.05) is 37.4 Å². The number of hydrogen-bond acceptors (Lipinski definition) is 4. The Morgan fingerprint density at radius 2 is 2.17 bits per heavy atom. The fourth-order valence-electron chi connectivity index (χ4n) is 1.79. The van der Waals surface area contributed by atoms with Gasteiger partial charge >= 0.3 is 0 Å². The SMILES string of the molecule is CCCCCn1nnnc1-c1cccc(Cl)c1N. The molecule has 0 spiro atoms. The Balaban J connectivity index is 2.28. The number of hydrogen-bond donors (Lipinski definition) is 1. The lowest BCUT2D eigenvalue weighted by atomic mass is 10.1. The van der Waals surface area contributed by atoms with E-state index in [0.717, 1.165) is 31.4 Å². The second-order valence-corrected chi connectivity index (χ2v) is 4.54. The van der Waals surface area contributed by atoms with Crippen molar-refractivity contribution in [3.63, 3.8) is 0 Å². The molecular weight excluding hydrogens is 250 g/mol. The van der Waals surface area contributed by atoms with Crippen molar-refractivity contribution in [2.45, 2.75) is 32.7 Å². The van der Waals surface area contributed by atoms with Gasteiger partial charge in [-0.2, -0.15) is 0 Å². The number of anilines is 1. The van der Waals surface area contributed by atoms with Crippen molar-refractivity contribution in [3.8, 4) is 11.4 Å². The summed E-state index contributed by atoms with van der Waals surface area (Å²) < 4.78 is 1.78. The molecule has 0 amide bonds. The molecule has 2 rings (SSSR count). The number of nitrogens with zero attached hydrogens (tertiary/aromatic N) is 4. The molecule has 2 N–H and O–H groups in total. The zero-order valence-electron chi connectivity index (χ0n) is 10.3. The average Bonchev–Trinajstić information content (AvgIpc) is 2.81. The first-order valence-corrected chi connectivity index (χ1v) is 6.42.